The summed E-state index contributed by atoms with van der Waals surface area (Å²) in [4.78, 5) is 16.4. The van der Waals surface area contributed by atoms with Crippen LogP contribution in [0.3, 0.4) is 0 Å². The van der Waals surface area contributed by atoms with Gasteiger partial charge in [-0.3, -0.25) is 4.79 Å². The number of amides is 1. The fraction of sp³-hybridized carbons (Fsp3) is 0.333. The Morgan fingerprint density at radius 3 is 2.72 bits per heavy atom. The number of halogens is 1. The maximum Gasteiger partial charge on any atom is 0.240 e. The summed E-state index contributed by atoms with van der Waals surface area (Å²) in [5, 5.41) is 2.86. The second-order valence-electron chi connectivity index (χ2n) is 6.01. The van der Waals surface area contributed by atoms with Gasteiger partial charge in [0.2, 0.25) is 11.8 Å². The third-order valence-corrected chi connectivity index (χ3v) is 4.13. The Morgan fingerprint density at radius 2 is 2.00 bits per heavy atom. The molecule has 1 aromatic heterocycles. The molecule has 1 saturated heterocycles. The van der Waals surface area contributed by atoms with Crippen LogP contribution in [0.1, 0.15) is 18.4 Å². The van der Waals surface area contributed by atoms with Crippen molar-refractivity contribution in [3.8, 4) is 11.6 Å². The van der Waals surface area contributed by atoms with E-state index in [-0.39, 0.29) is 11.7 Å². The largest absolute Gasteiger partial charge is 0.439 e. The molecule has 3 N–H and O–H groups in total. The van der Waals surface area contributed by atoms with Crippen molar-refractivity contribution in [2.75, 3.05) is 13.2 Å². The summed E-state index contributed by atoms with van der Waals surface area (Å²) in [5.74, 6) is 0.333. The first-order chi connectivity index (χ1) is 12.0. The molecular weight excluding hydrogens is 325 g/mol. The summed E-state index contributed by atoms with van der Waals surface area (Å²) in [6.45, 7) is 1.31. The maximum absolute atomic E-state index is 12.9. The van der Waals surface area contributed by atoms with E-state index in [4.69, 9.17) is 15.2 Å². The second-order valence-corrected chi connectivity index (χ2v) is 6.01. The summed E-state index contributed by atoms with van der Waals surface area (Å²) in [5.41, 5.74) is 6.10. The maximum atomic E-state index is 12.9. The molecule has 1 fully saturated rings. The Labute approximate surface area is 145 Å². The number of ether oxygens (including phenoxy) is 2. The number of nitrogens with zero attached hydrogens (tertiary/aromatic N) is 1. The van der Waals surface area contributed by atoms with Crippen LogP contribution in [0.2, 0.25) is 0 Å². The molecule has 132 valence electrons. The highest BCUT2D eigenvalue weighted by atomic mass is 19.1. The van der Waals surface area contributed by atoms with Crippen molar-refractivity contribution in [1.29, 1.82) is 0 Å². The number of rotatable bonds is 5. The van der Waals surface area contributed by atoms with Crippen LogP contribution >= 0.6 is 0 Å². The Bertz CT molecular complexity index is 731. The summed E-state index contributed by atoms with van der Waals surface area (Å²) >= 11 is 0. The van der Waals surface area contributed by atoms with Gasteiger partial charge >= 0.3 is 0 Å². The van der Waals surface area contributed by atoms with Crippen molar-refractivity contribution in [3.63, 3.8) is 0 Å². The minimum absolute atomic E-state index is 0.186. The van der Waals surface area contributed by atoms with Crippen molar-refractivity contribution >= 4 is 5.91 Å². The van der Waals surface area contributed by atoms with Crippen molar-refractivity contribution < 1.29 is 18.7 Å². The van der Waals surface area contributed by atoms with Crippen LogP contribution in [-0.2, 0) is 16.1 Å². The zero-order valence-electron chi connectivity index (χ0n) is 13.7. The number of hydrogen-bond donors (Lipinski definition) is 2. The van der Waals surface area contributed by atoms with Gasteiger partial charge in [0, 0.05) is 32.0 Å². The van der Waals surface area contributed by atoms with Gasteiger partial charge in [0.1, 0.15) is 11.6 Å². The first-order valence-corrected chi connectivity index (χ1v) is 8.08. The van der Waals surface area contributed by atoms with Crippen LogP contribution in [0.5, 0.6) is 11.6 Å². The Morgan fingerprint density at radius 1 is 1.28 bits per heavy atom. The van der Waals surface area contributed by atoms with Crippen molar-refractivity contribution in [1.82, 2.24) is 10.3 Å². The van der Waals surface area contributed by atoms with E-state index >= 15 is 0 Å². The van der Waals surface area contributed by atoms with Crippen LogP contribution in [0.15, 0.2) is 42.6 Å². The van der Waals surface area contributed by atoms with E-state index in [1.54, 1.807) is 18.3 Å². The van der Waals surface area contributed by atoms with Crippen LogP contribution in [0.25, 0.3) is 0 Å². The Hall–Kier alpha value is -2.51. The van der Waals surface area contributed by atoms with Crippen LogP contribution in [0, 0.1) is 5.82 Å². The van der Waals surface area contributed by atoms with Crippen molar-refractivity contribution in [3.05, 3.63) is 54.0 Å². The zero-order valence-corrected chi connectivity index (χ0v) is 13.7. The van der Waals surface area contributed by atoms with E-state index in [0.717, 1.165) is 5.56 Å². The van der Waals surface area contributed by atoms with Gasteiger partial charge in [-0.05, 0) is 48.7 Å². The topological polar surface area (TPSA) is 86.5 Å². The summed E-state index contributed by atoms with van der Waals surface area (Å²) < 4.78 is 23.8. The number of pyridine rings is 1. The molecule has 0 saturated carbocycles. The molecule has 0 spiro atoms. The highest BCUT2D eigenvalue weighted by Crippen LogP contribution is 2.21. The Balaban J connectivity index is 1.59. The molecule has 0 bridgehead atoms. The molecule has 25 heavy (non-hydrogen) atoms. The molecule has 2 heterocycles. The lowest BCUT2D eigenvalue weighted by atomic mass is 9.90. The molecular formula is C18H20FN3O3. The van der Waals surface area contributed by atoms with Gasteiger partial charge in [0.05, 0.1) is 5.54 Å². The number of aromatic nitrogens is 1. The fourth-order valence-electron chi connectivity index (χ4n) is 2.56. The zero-order chi connectivity index (χ0) is 17.7. The minimum Gasteiger partial charge on any atom is -0.439 e. The summed E-state index contributed by atoms with van der Waals surface area (Å²) in [6, 6.07) is 9.17. The average Bonchev–Trinajstić information content (AvgIpc) is 2.62. The van der Waals surface area contributed by atoms with E-state index in [1.165, 1.54) is 24.3 Å². The van der Waals surface area contributed by atoms with Gasteiger partial charge < -0.3 is 20.5 Å². The molecule has 7 heteroatoms. The molecule has 0 aliphatic carbocycles. The first-order valence-electron chi connectivity index (χ1n) is 8.08. The van der Waals surface area contributed by atoms with Gasteiger partial charge in [-0.15, -0.1) is 0 Å². The number of benzene rings is 1. The summed E-state index contributed by atoms with van der Waals surface area (Å²) in [6.07, 6.45) is 2.61. The molecule has 1 aliphatic rings. The molecule has 1 aliphatic heterocycles. The summed E-state index contributed by atoms with van der Waals surface area (Å²) in [7, 11) is 0. The lowest BCUT2D eigenvalue weighted by Gasteiger charge is -2.31. The number of carbonyl (C=O) groups is 1. The molecule has 0 radical (unpaired) electrons. The average molecular weight is 345 g/mol. The molecule has 0 unspecified atom stereocenters. The molecule has 6 nitrogen and oxygen atoms in total. The predicted molar refractivity (Wildman–Crippen MR) is 89.5 cm³/mol. The van der Waals surface area contributed by atoms with Gasteiger partial charge in [0.15, 0.2) is 0 Å². The molecule has 0 atom stereocenters. The van der Waals surface area contributed by atoms with E-state index < -0.39 is 5.54 Å². The standard InChI is InChI=1S/C18H20FN3O3/c19-14-1-3-15(4-2-14)25-16-11-13(5-8-21-16)12-22-17(23)18(20)6-9-24-10-7-18/h1-5,8,11H,6-7,9-10,12,20H2,(H,22,23). The van der Waals surface area contributed by atoms with Gasteiger partial charge in [-0.25, -0.2) is 9.37 Å². The minimum atomic E-state index is -0.876. The molecule has 3 rings (SSSR count). The molecule has 1 amide bonds. The van der Waals surface area contributed by atoms with E-state index in [2.05, 4.69) is 10.3 Å². The van der Waals surface area contributed by atoms with Gasteiger partial charge in [0.25, 0.3) is 0 Å². The van der Waals surface area contributed by atoms with Gasteiger partial charge in [-0.2, -0.15) is 0 Å². The fourth-order valence-corrected chi connectivity index (χ4v) is 2.56. The van der Waals surface area contributed by atoms with Crippen LogP contribution < -0.4 is 15.8 Å². The van der Waals surface area contributed by atoms with Crippen LogP contribution in [0.4, 0.5) is 4.39 Å². The lowest BCUT2D eigenvalue weighted by molar-refractivity contribution is -0.129. The van der Waals surface area contributed by atoms with E-state index in [0.29, 0.717) is 44.2 Å². The number of hydrogen-bond acceptors (Lipinski definition) is 5. The number of carbonyl (C=O) groups excluding carboxylic acids is 1. The number of nitrogens with one attached hydrogen (secondary N) is 1. The lowest BCUT2D eigenvalue weighted by Crippen LogP contribution is -2.56. The Kier molecular flexibility index (Phi) is 5.25. The molecule has 1 aromatic carbocycles. The number of nitrogens with two attached hydrogens (primary N) is 1. The monoisotopic (exact) mass is 345 g/mol. The van der Waals surface area contributed by atoms with E-state index in [1.807, 2.05) is 0 Å². The smallest absolute Gasteiger partial charge is 0.240 e. The first kappa shape index (κ1) is 17.3. The normalized spacial score (nSPS) is 16.2. The highest BCUT2D eigenvalue weighted by molar-refractivity contribution is 5.86. The molecule has 2 aromatic rings. The van der Waals surface area contributed by atoms with Crippen molar-refractivity contribution in [2.24, 2.45) is 5.73 Å². The van der Waals surface area contributed by atoms with Gasteiger partial charge in [-0.1, -0.05) is 0 Å². The third-order valence-electron chi connectivity index (χ3n) is 4.13. The third kappa shape index (κ3) is 4.52. The van der Waals surface area contributed by atoms with Crippen LogP contribution in [-0.4, -0.2) is 29.6 Å². The predicted octanol–water partition coefficient (Wildman–Crippen LogP) is 2.14. The SMILES string of the molecule is NC1(C(=O)NCc2ccnc(Oc3ccc(F)cc3)c2)CCOCC1. The van der Waals surface area contributed by atoms with E-state index in [9.17, 15) is 9.18 Å². The second kappa shape index (κ2) is 7.58. The van der Waals surface area contributed by atoms with Crippen molar-refractivity contribution in [2.45, 2.75) is 24.9 Å². The highest BCUT2D eigenvalue weighted by Gasteiger charge is 2.35. The quantitative estimate of drug-likeness (QED) is 0.867.